The van der Waals surface area contributed by atoms with Crippen molar-refractivity contribution < 1.29 is 28.2 Å². The Morgan fingerprint density at radius 3 is 2.54 bits per heavy atom. The van der Waals surface area contributed by atoms with Crippen LogP contribution in [0.15, 0.2) is 36.5 Å². The fourth-order valence-electron chi connectivity index (χ4n) is 5.68. The Balaban J connectivity index is 1.64. The van der Waals surface area contributed by atoms with E-state index in [2.05, 4.69) is 10.2 Å². The van der Waals surface area contributed by atoms with Crippen molar-refractivity contribution in [3.8, 4) is 5.69 Å². The van der Waals surface area contributed by atoms with Crippen molar-refractivity contribution in [2.45, 2.75) is 43.6 Å². The molecule has 4 aromatic rings. The predicted molar refractivity (Wildman–Crippen MR) is 125 cm³/mol. The van der Waals surface area contributed by atoms with E-state index in [-0.39, 0.29) is 30.1 Å². The average molecular weight is 481 g/mol. The number of aliphatic carboxylic acids is 1. The van der Waals surface area contributed by atoms with Crippen molar-refractivity contribution in [3.05, 3.63) is 59.4 Å². The number of fused-ring (bicyclic) bond motifs is 2. The number of H-pyrrole nitrogens is 1. The maximum atomic E-state index is 16.2. The molecule has 2 aliphatic rings. The van der Waals surface area contributed by atoms with E-state index >= 15 is 4.39 Å². The third-order valence-corrected chi connectivity index (χ3v) is 7.34. The van der Waals surface area contributed by atoms with Gasteiger partial charge in [0.2, 0.25) is 0 Å². The number of hydrogen-bond acceptors (Lipinski definition) is 4. The first kappa shape index (κ1) is 22.2. The van der Waals surface area contributed by atoms with Crippen molar-refractivity contribution in [3.63, 3.8) is 0 Å². The smallest absolute Gasteiger partial charge is 0.332 e. The fraction of sp³-hybridized carbons (Fsp3) is 0.385. The van der Waals surface area contributed by atoms with Crippen LogP contribution in [0.4, 0.5) is 8.78 Å². The molecule has 2 saturated heterocycles. The molecule has 4 heterocycles. The summed E-state index contributed by atoms with van der Waals surface area (Å²) in [5.74, 6) is -1.79. The maximum absolute atomic E-state index is 16.2. The quantitative estimate of drug-likeness (QED) is 0.427. The van der Waals surface area contributed by atoms with E-state index in [0.717, 1.165) is 29.8 Å². The largest absolute Gasteiger partial charge is 0.479 e. The summed E-state index contributed by atoms with van der Waals surface area (Å²) in [5.41, 5.74) is 3.56. The minimum absolute atomic E-state index is 0.101. The molecule has 35 heavy (non-hydrogen) atoms. The van der Waals surface area contributed by atoms with Crippen LogP contribution in [0.1, 0.15) is 48.8 Å². The summed E-state index contributed by atoms with van der Waals surface area (Å²) in [6.45, 7) is 1.39. The Hall–Kier alpha value is -3.30. The summed E-state index contributed by atoms with van der Waals surface area (Å²) in [4.78, 5) is 11.5. The van der Waals surface area contributed by atoms with Crippen LogP contribution in [0.3, 0.4) is 0 Å². The Labute approximate surface area is 199 Å². The Morgan fingerprint density at radius 1 is 1.09 bits per heavy atom. The van der Waals surface area contributed by atoms with Gasteiger partial charge >= 0.3 is 5.97 Å². The molecule has 7 nitrogen and oxygen atoms in total. The van der Waals surface area contributed by atoms with Gasteiger partial charge < -0.3 is 19.1 Å². The molecule has 0 unspecified atom stereocenters. The van der Waals surface area contributed by atoms with Crippen LogP contribution >= 0.6 is 0 Å². The lowest BCUT2D eigenvalue weighted by Gasteiger charge is -2.31. The van der Waals surface area contributed by atoms with E-state index in [0.29, 0.717) is 47.9 Å². The number of rotatable bonds is 4. The standard InChI is InChI=1S/C26H25F2N3O4/c27-17-2-4-18(5-3-17)31-19-11-16-12-29-30-24(16)23(28)22(19)21(25(31)14-7-9-34-10-8-14)15-1-6-20(26(32)33)35-13-15/h2-5,11-12,14-15,20H,1,6-10,13H2,(H,29,30)(H,32,33)/t15-,20+/m0/s1. The zero-order chi connectivity index (χ0) is 24.1. The number of aromatic amines is 1. The molecule has 0 saturated carbocycles. The molecule has 9 heteroatoms. The Bertz CT molecular complexity index is 1400. The van der Waals surface area contributed by atoms with Gasteiger partial charge in [0.25, 0.3) is 0 Å². The number of carbonyl (C=O) groups is 1. The van der Waals surface area contributed by atoms with Gasteiger partial charge in [-0.2, -0.15) is 5.10 Å². The van der Waals surface area contributed by atoms with E-state index < -0.39 is 12.1 Å². The fourth-order valence-corrected chi connectivity index (χ4v) is 5.68. The van der Waals surface area contributed by atoms with Crippen LogP contribution in [-0.4, -0.2) is 51.8 Å². The topological polar surface area (TPSA) is 89.4 Å². The van der Waals surface area contributed by atoms with Gasteiger partial charge in [0.1, 0.15) is 11.3 Å². The van der Waals surface area contributed by atoms with Gasteiger partial charge in [-0.25, -0.2) is 13.6 Å². The van der Waals surface area contributed by atoms with Gasteiger partial charge in [-0.05, 0) is 61.6 Å². The van der Waals surface area contributed by atoms with Crippen LogP contribution in [0.5, 0.6) is 0 Å². The van der Waals surface area contributed by atoms with Crippen molar-refractivity contribution in [2.75, 3.05) is 19.8 Å². The van der Waals surface area contributed by atoms with E-state index in [1.54, 1.807) is 18.3 Å². The van der Waals surface area contributed by atoms with Crippen molar-refractivity contribution in [2.24, 2.45) is 0 Å². The number of carboxylic acids is 1. The predicted octanol–water partition coefficient (Wildman–Crippen LogP) is 5.03. The van der Waals surface area contributed by atoms with E-state index in [1.807, 2.05) is 10.6 Å². The molecule has 2 aromatic carbocycles. The molecule has 182 valence electrons. The summed E-state index contributed by atoms with van der Waals surface area (Å²) in [5, 5.41) is 17.3. The molecule has 0 bridgehead atoms. The van der Waals surface area contributed by atoms with Crippen molar-refractivity contribution >= 4 is 27.8 Å². The van der Waals surface area contributed by atoms with Gasteiger partial charge in [-0.15, -0.1) is 0 Å². The maximum Gasteiger partial charge on any atom is 0.332 e. The number of benzene rings is 2. The van der Waals surface area contributed by atoms with E-state index in [1.165, 1.54) is 12.1 Å². The zero-order valence-electron chi connectivity index (χ0n) is 19.0. The molecule has 0 radical (unpaired) electrons. The van der Waals surface area contributed by atoms with Crippen LogP contribution in [0, 0.1) is 11.6 Å². The first-order chi connectivity index (χ1) is 17.0. The Morgan fingerprint density at radius 2 is 1.86 bits per heavy atom. The molecule has 2 aromatic heterocycles. The number of hydrogen-bond donors (Lipinski definition) is 2. The molecular formula is C26H25F2N3O4. The number of carboxylic acid groups (broad SMARTS) is 1. The first-order valence-corrected chi connectivity index (χ1v) is 11.9. The molecule has 0 aliphatic carbocycles. The molecule has 2 atom stereocenters. The van der Waals surface area contributed by atoms with Crippen molar-refractivity contribution in [1.82, 2.24) is 14.8 Å². The molecule has 2 aliphatic heterocycles. The molecule has 0 spiro atoms. The molecule has 6 rings (SSSR count). The highest BCUT2D eigenvalue weighted by Gasteiger charge is 2.36. The van der Waals surface area contributed by atoms with Gasteiger partial charge in [-0.3, -0.25) is 5.10 Å². The second kappa shape index (κ2) is 8.73. The molecule has 2 N–H and O–H groups in total. The van der Waals surface area contributed by atoms with Crippen molar-refractivity contribution in [1.29, 1.82) is 0 Å². The third kappa shape index (κ3) is 3.70. The highest BCUT2D eigenvalue weighted by molar-refractivity contribution is 5.99. The monoisotopic (exact) mass is 481 g/mol. The van der Waals surface area contributed by atoms with Crippen LogP contribution in [-0.2, 0) is 14.3 Å². The second-order valence-corrected chi connectivity index (χ2v) is 9.35. The van der Waals surface area contributed by atoms with Crippen LogP contribution in [0.2, 0.25) is 0 Å². The average Bonchev–Trinajstić information content (AvgIpc) is 3.49. The van der Waals surface area contributed by atoms with Gasteiger partial charge in [0, 0.05) is 47.2 Å². The summed E-state index contributed by atoms with van der Waals surface area (Å²) >= 11 is 0. The normalized spacial score (nSPS) is 21.7. The van der Waals surface area contributed by atoms with Gasteiger partial charge in [0.05, 0.1) is 18.3 Å². The molecule has 2 fully saturated rings. The summed E-state index contributed by atoms with van der Waals surface area (Å²) in [6, 6.07) is 8.13. The van der Waals surface area contributed by atoms with Crippen LogP contribution in [0.25, 0.3) is 27.5 Å². The highest BCUT2D eigenvalue weighted by Crippen LogP contribution is 2.46. The lowest BCUT2D eigenvalue weighted by atomic mass is 9.84. The lowest BCUT2D eigenvalue weighted by Crippen LogP contribution is -2.32. The Kier molecular flexibility index (Phi) is 5.53. The summed E-state index contributed by atoms with van der Waals surface area (Å²) in [6.07, 6.45) is 3.20. The first-order valence-electron chi connectivity index (χ1n) is 11.9. The number of ether oxygens (including phenoxy) is 2. The van der Waals surface area contributed by atoms with Gasteiger partial charge in [0.15, 0.2) is 11.9 Å². The lowest BCUT2D eigenvalue weighted by molar-refractivity contribution is -0.153. The number of nitrogens with zero attached hydrogens (tertiary/aromatic N) is 2. The third-order valence-electron chi connectivity index (χ3n) is 7.34. The molecular weight excluding hydrogens is 456 g/mol. The zero-order valence-corrected chi connectivity index (χ0v) is 19.0. The number of aromatic nitrogens is 3. The SMILES string of the molecule is O=C(O)[C@H]1CC[C@H](c2c(C3CCOCC3)n(-c3ccc(F)cc3)c3cc4cn[nH]c4c(F)c23)CO1. The van der Waals surface area contributed by atoms with E-state index in [9.17, 15) is 14.3 Å². The number of nitrogens with one attached hydrogen (secondary N) is 1. The number of halogens is 2. The van der Waals surface area contributed by atoms with Gasteiger partial charge in [-0.1, -0.05) is 0 Å². The summed E-state index contributed by atoms with van der Waals surface area (Å²) in [7, 11) is 0. The summed E-state index contributed by atoms with van der Waals surface area (Å²) < 4.78 is 43.4. The minimum Gasteiger partial charge on any atom is -0.479 e. The minimum atomic E-state index is -0.979. The van der Waals surface area contributed by atoms with Crippen LogP contribution < -0.4 is 0 Å². The second-order valence-electron chi connectivity index (χ2n) is 9.35. The molecule has 0 amide bonds. The van der Waals surface area contributed by atoms with E-state index in [4.69, 9.17) is 9.47 Å². The highest BCUT2D eigenvalue weighted by atomic mass is 19.1.